The average Bonchev–Trinajstić information content (AvgIpc) is 2.69. The Morgan fingerprint density at radius 2 is 1.89 bits per heavy atom. The molecule has 1 aromatic heterocycles. The standard InChI is InChI=1S/C13H20N2O3S/c1-5-13(6-2,12(17)18)7-14-11(16)10-8(3)15-9(4)19-10/h5-7H2,1-4H3,(H,14,16)(H,17,18). The summed E-state index contributed by atoms with van der Waals surface area (Å²) in [5, 5.41) is 12.9. The van der Waals surface area contributed by atoms with Gasteiger partial charge in [0.2, 0.25) is 0 Å². The van der Waals surface area contributed by atoms with Crippen molar-refractivity contribution in [2.24, 2.45) is 5.41 Å². The first-order chi connectivity index (χ1) is 8.86. The largest absolute Gasteiger partial charge is 0.481 e. The van der Waals surface area contributed by atoms with Gasteiger partial charge >= 0.3 is 5.97 Å². The molecule has 0 aliphatic rings. The van der Waals surface area contributed by atoms with E-state index in [0.29, 0.717) is 23.4 Å². The molecule has 5 nitrogen and oxygen atoms in total. The minimum atomic E-state index is -0.886. The molecule has 6 heteroatoms. The molecular weight excluding hydrogens is 264 g/mol. The number of carbonyl (C=O) groups is 2. The molecule has 2 N–H and O–H groups in total. The van der Waals surface area contributed by atoms with Crippen molar-refractivity contribution in [1.29, 1.82) is 0 Å². The third-order valence-electron chi connectivity index (χ3n) is 3.50. The number of hydrogen-bond acceptors (Lipinski definition) is 4. The number of carbonyl (C=O) groups excluding carboxylic acids is 1. The molecule has 0 saturated carbocycles. The molecule has 0 aliphatic carbocycles. The fraction of sp³-hybridized carbons (Fsp3) is 0.615. The van der Waals surface area contributed by atoms with Crippen molar-refractivity contribution in [3.05, 3.63) is 15.6 Å². The Balaban J connectivity index is 2.78. The van der Waals surface area contributed by atoms with Crippen LogP contribution in [0.3, 0.4) is 0 Å². The molecule has 1 heterocycles. The molecule has 0 aromatic carbocycles. The van der Waals surface area contributed by atoms with E-state index in [1.807, 2.05) is 20.8 Å². The molecular formula is C13H20N2O3S. The van der Waals surface area contributed by atoms with Crippen molar-refractivity contribution in [3.8, 4) is 0 Å². The Morgan fingerprint density at radius 3 is 2.26 bits per heavy atom. The van der Waals surface area contributed by atoms with E-state index in [-0.39, 0.29) is 12.5 Å². The number of amides is 1. The van der Waals surface area contributed by atoms with Crippen molar-refractivity contribution in [2.45, 2.75) is 40.5 Å². The lowest BCUT2D eigenvalue weighted by atomic mass is 9.82. The van der Waals surface area contributed by atoms with Gasteiger partial charge < -0.3 is 10.4 Å². The Bertz CT molecular complexity index is 478. The van der Waals surface area contributed by atoms with E-state index in [4.69, 9.17) is 0 Å². The van der Waals surface area contributed by atoms with Crippen LogP contribution in [-0.2, 0) is 4.79 Å². The highest BCUT2D eigenvalue weighted by atomic mass is 32.1. The fourth-order valence-corrected chi connectivity index (χ4v) is 2.79. The van der Waals surface area contributed by atoms with Gasteiger partial charge in [0.1, 0.15) is 4.88 Å². The zero-order chi connectivity index (χ0) is 14.6. The van der Waals surface area contributed by atoms with Crippen LogP contribution in [0.15, 0.2) is 0 Å². The molecule has 0 spiro atoms. The van der Waals surface area contributed by atoms with Gasteiger partial charge in [-0.1, -0.05) is 13.8 Å². The van der Waals surface area contributed by atoms with E-state index < -0.39 is 11.4 Å². The normalized spacial score (nSPS) is 11.4. The van der Waals surface area contributed by atoms with Gasteiger partial charge in [-0.2, -0.15) is 0 Å². The van der Waals surface area contributed by atoms with Crippen molar-refractivity contribution >= 4 is 23.2 Å². The molecule has 0 bridgehead atoms. The summed E-state index contributed by atoms with van der Waals surface area (Å²) in [7, 11) is 0. The lowest BCUT2D eigenvalue weighted by Gasteiger charge is -2.26. The maximum atomic E-state index is 12.0. The Labute approximate surface area is 117 Å². The summed E-state index contributed by atoms with van der Waals surface area (Å²) in [6.07, 6.45) is 0.972. The summed E-state index contributed by atoms with van der Waals surface area (Å²) in [6.45, 7) is 7.42. The monoisotopic (exact) mass is 284 g/mol. The van der Waals surface area contributed by atoms with Crippen LogP contribution in [0, 0.1) is 19.3 Å². The SMILES string of the molecule is CCC(CC)(CNC(=O)c1sc(C)nc1C)C(=O)O. The van der Waals surface area contributed by atoms with E-state index >= 15 is 0 Å². The van der Waals surface area contributed by atoms with E-state index in [2.05, 4.69) is 10.3 Å². The third-order valence-corrected chi connectivity index (χ3v) is 4.58. The second kappa shape index (κ2) is 6.14. The van der Waals surface area contributed by atoms with Gasteiger partial charge in [-0.3, -0.25) is 9.59 Å². The van der Waals surface area contributed by atoms with Gasteiger partial charge in [0, 0.05) is 6.54 Å². The molecule has 1 aromatic rings. The number of hydrogen-bond donors (Lipinski definition) is 2. The van der Waals surface area contributed by atoms with Crippen LogP contribution in [0.25, 0.3) is 0 Å². The Kier molecular flexibility index (Phi) is 5.05. The molecule has 0 saturated heterocycles. The maximum Gasteiger partial charge on any atom is 0.311 e. The summed E-state index contributed by atoms with van der Waals surface area (Å²) in [6, 6.07) is 0. The predicted octanol–water partition coefficient (Wildman–Crippen LogP) is 2.38. The molecule has 0 unspecified atom stereocenters. The topological polar surface area (TPSA) is 79.3 Å². The number of thiazole rings is 1. The van der Waals surface area contributed by atoms with E-state index in [9.17, 15) is 14.7 Å². The molecule has 1 rings (SSSR count). The minimum Gasteiger partial charge on any atom is -0.481 e. The van der Waals surface area contributed by atoms with Crippen LogP contribution in [0.2, 0.25) is 0 Å². The molecule has 0 atom stereocenters. The van der Waals surface area contributed by atoms with Gasteiger partial charge in [0.15, 0.2) is 0 Å². The van der Waals surface area contributed by atoms with Crippen molar-refractivity contribution in [3.63, 3.8) is 0 Å². The number of carboxylic acid groups (broad SMARTS) is 1. The second-order valence-electron chi connectivity index (χ2n) is 4.62. The fourth-order valence-electron chi connectivity index (χ4n) is 1.95. The molecule has 106 valence electrons. The quantitative estimate of drug-likeness (QED) is 0.840. The third kappa shape index (κ3) is 3.32. The zero-order valence-corrected chi connectivity index (χ0v) is 12.6. The number of nitrogens with zero attached hydrogens (tertiary/aromatic N) is 1. The first-order valence-electron chi connectivity index (χ1n) is 6.32. The predicted molar refractivity (Wildman–Crippen MR) is 74.6 cm³/mol. The highest BCUT2D eigenvalue weighted by molar-refractivity contribution is 7.13. The summed E-state index contributed by atoms with van der Waals surface area (Å²) in [5.74, 6) is -1.11. The van der Waals surface area contributed by atoms with E-state index in [1.165, 1.54) is 11.3 Å². The molecule has 0 aliphatic heterocycles. The van der Waals surface area contributed by atoms with Crippen LogP contribution < -0.4 is 5.32 Å². The maximum absolute atomic E-state index is 12.0. The van der Waals surface area contributed by atoms with Gasteiger partial charge in [-0.25, -0.2) is 4.98 Å². The summed E-state index contributed by atoms with van der Waals surface area (Å²) in [4.78, 5) is 28.1. The molecule has 19 heavy (non-hydrogen) atoms. The summed E-state index contributed by atoms with van der Waals surface area (Å²) >= 11 is 1.33. The minimum absolute atomic E-state index is 0.143. The van der Waals surface area contributed by atoms with Crippen LogP contribution in [-0.4, -0.2) is 28.5 Å². The van der Waals surface area contributed by atoms with E-state index in [1.54, 1.807) is 6.92 Å². The van der Waals surface area contributed by atoms with Crippen LogP contribution in [0.1, 0.15) is 47.1 Å². The first kappa shape index (κ1) is 15.6. The van der Waals surface area contributed by atoms with Crippen molar-refractivity contribution in [1.82, 2.24) is 10.3 Å². The number of aromatic nitrogens is 1. The first-order valence-corrected chi connectivity index (χ1v) is 7.13. The number of nitrogens with one attached hydrogen (secondary N) is 1. The van der Waals surface area contributed by atoms with Gasteiger partial charge in [0.25, 0.3) is 5.91 Å². The van der Waals surface area contributed by atoms with Crippen LogP contribution in [0.5, 0.6) is 0 Å². The Hall–Kier alpha value is -1.43. The smallest absolute Gasteiger partial charge is 0.311 e. The number of aryl methyl sites for hydroxylation is 2. The summed E-state index contributed by atoms with van der Waals surface area (Å²) < 4.78 is 0. The van der Waals surface area contributed by atoms with Gasteiger partial charge in [0.05, 0.1) is 16.1 Å². The van der Waals surface area contributed by atoms with Crippen LogP contribution in [0.4, 0.5) is 0 Å². The van der Waals surface area contributed by atoms with E-state index in [0.717, 1.165) is 5.01 Å². The second-order valence-corrected chi connectivity index (χ2v) is 5.83. The molecule has 1 amide bonds. The lowest BCUT2D eigenvalue weighted by Crippen LogP contribution is -2.42. The molecule has 0 radical (unpaired) electrons. The van der Waals surface area contributed by atoms with Crippen molar-refractivity contribution < 1.29 is 14.7 Å². The Morgan fingerprint density at radius 1 is 1.32 bits per heavy atom. The van der Waals surface area contributed by atoms with Crippen LogP contribution >= 0.6 is 11.3 Å². The number of rotatable bonds is 6. The lowest BCUT2D eigenvalue weighted by molar-refractivity contribution is -0.149. The highest BCUT2D eigenvalue weighted by Gasteiger charge is 2.35. The molecule has 0 fully saturated rings. The highest BCUT2D eigenvalue weighted by Crippen LogP contribution is 2.26. The average molecular weight is 284 g/mol. The number of carboxylic acids is 1. The van der Waals surface area contributed by atoms with Gasteiger partial charge in [-0.15, -0.1) is 11.3 Å². The zero-order valence-electron chi connectivity index (χ0n) is 11.7. The van der Waals surface area contributed by atoms with Gasteiger partial charge in [-0.05, 0) is 26.7 Å². The van der Waals surface area contributed by atoms with Crippen molar-refractivity contribution in [2.75, 3.05) is 6.54 Å². The number of aliphatic carboxylic acids is 1. The summed E-state index contributed by atoms with van der Waals surface area (Å²) in [5.41, 5.74) is -0.197.